The molecule has 0 fully saturated rings. The van der Waals surface area contributed by atoms with E-state index in [1.54, 1.807) is 17.6 Å². The lowest BCUT2D eigenvalue weighted by molar-refractivity contribution is 0.112. The Morgan fingerprint density at radius 3 is 3.17 bits per heavy atom. The average molecular weight is 198 g/mol. The summed E-state index contributed by atoms with van der Waals surface area (Å²) in [5.74, 6) is 0. The Balaban J connectivity index is 2.88. The van der Waals surface area contributed by atoms with Gasteiger partial charge in [0.05, 0.1) is 20.8 Å². The van der Waals surface area contributed by atoms with Gasteiger partial charge in [0.25, 0.3) is 0 Å². The number of rotatable bonds is 1. The number of fused-ring (bicyclic) bond motifs is 1. The third-order valence-electron chi connectivity index (χ3n) is 1.56. The summed E-state index contributed by atoms with van der Waals surface area (Å²) in [5, 5.41) is 2.41. The van der Waals surface area contributed by atoms with Gasteiger partial charge in [-0.2, -0.15) is 0 Å². The third kappa shape index (κ3) is 1.02. The summed E-state index contributed by atoms with van der Waals surface area (Å²) in [5.41, 5.74) is 1.31. The molecule has 60 valence electrons. The Morgan fingerprint density at radius 2 is 2.42 bits per heavy atom. The summed E-state index contributed by atoms with van der Waals surface area (Å²) in [6.45, 7) is 0. The highest BCUT2D eigenvalue weighted by Gasteiger charge is 2.06. The smallest absolute Gasteiger partial charge is 0.153 e. The molecule has 0 radical (unpaired) electrons. The highest BCUT2D eigenvalue weighted by atomic mass is 35.5. The molecule has 2 rings (SSSR count). The molecule has 2 aromatic rings. The zero-order valence-electron chi connectivity index (χ0n) is 5.95. The molecular formula is C8H4ClNOS. The molecule has 0 unspecified atom stereocenters. The van der Waals surface area contributed by atoms with E-state index in [-0.39, 0.29) is 0 Å². The highest BCUT2D eigenvalue weighted by molar-refractivity contribution is 7.18. The van der Waals surface area contributed by atoms with Crippen LogP contribution >= 0.6 is 22.9 Å². The molecule has 0 aliphatic rings. The molecule has 0 aliphatic carbocycles. The predicted molar refractivity (Wildman–Crippen MR) is 50.0 cm³/mol. The van der Waals surface area contributed by atoms with Crippen LogP contribution in [0.3, 0.4) is 0 Å². The first kappa shape index (κ1) is 7.71. The topological polar surface area (TPSA) is 30.0 Å². The van der Waals surface area contributed by atoms with Gasteiger partial charge in [0.1, 0.15) is 0 Å². The van der Waals surface area contributed by atoms with Crippen LogP contribution in [0.1, 0.15) is 10.4 Å². The molecule has 2 aromatic heterocycles. The first-order valence-corrected chi connectivity index (χ1v) is 4.55. The van der Waals surface area contributed by atoms with E-state index in [1.165, 1.54) is 11.3 Å². The Morgan fingerprint density at radius 1 is 1.58 bits per heavy atom. The van der Waals surface area contributed by atoms with E-state index in [0.717, 1.165) is 11.0 Å². The van der Waals surface area contributed by atoms with Crippen LogP contribution in [0.25, 0.3) is 10.2 Å². The fourth-order valence-electron chi connectivity index (χ4n) is 1.00. The first-order chi connectivity index (χ1) is 5.83. The minimum Gasteiger partial charge on any atom is -0.298 e. The molecule has 0 saturated carbocycles. The molecular weight excluding hydrogens is 194 g/mol. The Bertz CT molecular complexity index is 438. The van der Waals surface area contributed by atoms with Crippen molar-refractivity contribution in [3.05, 3.63) is 28.2 Å². The van der Waals surface area contributed by atoms with Crippen molar-refractivity contribution in [2.75, 3.05) is 0 Å². The lowest BCUT2D eigenvalue weighted by atomic mass is 10.3. The molecule has 0 spiro atoms. The standard InChI is InChI=1S/C8H4ClNOS/c9-6-1-2-10-7-5(3-11)4-12-8(6)7/h1-4H. The molecule has 0 aliphatic heterocycles. The van der Waals surface area contributed by atoms with Crippen molar-refractivity contribution in [1.29, 1.82) is 0 Å². The average Bonchev–Trinajstić information content (AvgIpc) is 2.49. The number of aldehydes is 1. The normalized spacial score (nSPS) is 10.4. The molecule has 0 bridgehead atoms. The van der Waals surface area contributed by atoms with E-state index >= 15 is 0 Å². The largest absolute Gasteiger partial charge is 0.298 e. The molecule has 4 heteroatoms. The van der Waals surface area contributed by atoms with Crippen LogP contribution in [0, 0.1) is 0 Å². The zero-order valence-corrected chi connectivity index (χ0v) is 7.52. The number of aromatic nitrogens is 1. The maximum Gasteiger partial charge on any atom is 0.153 e. The molecule has 0 atom stereocenters. The molecule has 0 aromatic carbocycles. The number of nitrogens with zero attached hydrogens (tertiary/aromatic N) is 1. The van der Waals surface area contributed by atoms with Gasteiger partial charge in [-0.25, -0.2) is 0 Å². The van der Waals surface area contributed by atoms with E-state index in [1.807, 2.05) is 0 Å². The van der Waals surface area contributed by atoms with Gasteiger partial charge in [-0.15, -0.1) is 11.3 Å². The number of hydrogen-bond donors (Lipinski definition) is 0. The van der Waals surface area contributed by atoms with Crippen LogP contribution in [-0.2, 0) is 0 Å². The van der Waals surface area contributed by atoms with Gasteiger partial charge in [-0.05, 0) is 6.07 Å². The van der Waals surface area contributed by atoms with Gasteiger partial charge in [-0.1, -0.05) is 11.6 Å². The lowest BCUT2D eigenvalue weighted by Crippen LogP contribution is -1.78. The van der Waals surface area contributed by atoms with E-state index in [2.05, 4.69) is 4.98 Å². The van der Waals surface area contributed by atoms with Gasteiger partial charge < -0.3 is 0 Å². The van der Waals surface area contributed by atoms with E-state index in [0.29, 0.717) is 16.1 Å². The SMILES string of the molecule is O=Cc1csc2c(Cl)ccnc12. The van der Waals surface area contributed by atoms with Crippen molar-refractivity contribution in [2.24, 2.45) is 0 Å². The summed E-state index contributed by atoms with van der Waals surface area (Å²) in [4.78, 5) is 14.6. The van der Waals surface area contributed by atoms with Crippen molar-refractivity contribution in [1.82, 2.24) is 4.98 Å². The number of pyridine rings is 1. The van der Waals surface area contributed by atoms with Crippen molar-refractivity contribution < 1.29 is 4.79 Å². The lowest BCUT2D eigenvalue weighted by Gasteiger charge is -1.90. The van der Waals surface area contributed by atoms with Gasteiger partial charge in [0.2, 0.25) is 0 Å². The maximum absolute atomic E-state index is 10.5. The molecule has 2 nitrogen and oxygen atoms in total. The Labute approximate surface area is 77.8 Å². The molecule has 0 amide bonds. The zero-order chi connectivity index (χ0) is 8.55. The second-order valence-electron chi connectivity index (χ2n) is 2.28. The summed E-state index contributed by atoms with van der Waals surface area (Å²) in [6.07, 6.45) is 2.40. The number of thiophene rings is 1. The Kier molecular flexibility index (Phi) is 1.83. The van der Waals surface area contributed by atoms with Crippen molar-refractivity contribution in [3.63, 3.8) is 0 Å². The van der Waals surface area contributed by atoms with E-state index in [9.17, 15) is 4.79 Å². The van der Waals surface area contributed by atoms with Crippen LogP contribution in [-0.4, -0.2) is 11.3 Å². The monoisotopic (exact) mass is 197 g/mol. The van der Waals surface area contributed by atoms with Crippen LogP contribution < -0.4 is 0 Å². The van der Waals surface area contributed by atoms with Gasteiger partial charge in [0, 0.05) is 11.6 Å². The van der Waals surface area contributed by atoms with E-state index in [4.69, 9.17) is 11.6 Å². The second-order valence-corrected chi connectivity index (χ2v) is 3.57. The van der Waals surface area contributed by atoms with Gasteiger partial charge in [0.15, 0.2) is 6.29 Å². The predicted octanol–water partition coefficient (Wildman–Crippen LogP) is 2.76. The summed E-state index contributed by atoms with van der Waals surface area (Å²) in [6, 6.07) is 1.72. The summed E-state index contributed by atoms with van der Waals surface area (Å²) < 4.78 is 0.876. The van der Waals surface area contributed by atoms with E-state index < -0.39 is 0 Å². The third-order valence-corrected chi connectivity index (χ3v) is 3.01. The van der Waals surface area contributed by atoms with Gasteiger partial charge in [-0.3, -0.25) is 9.78 Å². The van der Waals surface area contributed by atoms with Crippen molar-refractivity contribution >= 4 is 39.4 Å². The van der Waals surface area contributed by atoms with Crippen LogP contribution in [0.4, 0.5) is 0 Å². The van der Waals surface area contributed by atoms with Crippen LogP contribution in [0.5, 0.6) is 0 Å². The fraction of sp³-hybridized carbons (Fsp3) is 0. The minimum absolute atomic E-state index is 0.609. The minimum atomic E-state index is 0.609. The summed E-state index contributed by atoms with van der Waals surface area (Å²) in [7, 11) is 0. The van der Waals surface area contributed by atoms with Crippen molar-refractivity contribution in [3.8, 4) is 0 Å². The quantitative estimate of drug-likeness (QED) is 0.658. The van der Waals surface area contributed by atoms with Crippen LogP contribution in [0.15, 0.2) is 17.6 Å². The highest BCUT2D eigenvalue weighted by Crippen LogP contribution is 2.28. The fourth-order valence-corrected chi connectivity index (χ4v) is 2.16. The molecule has 0 N–H and O–H groups in total. The number of hydrogen-bond acceptors (Lipinski definition) is 3. The number of halogens is 1. The first-order valence-electron chi connectivity index (χ1n) is 3.30. The summed E-state index contributed by atoms with van der Waals surface area (Å²) >= 11 is 7.32. The number of carbonyl (C=O) groups excluding carboxylic acids is 1. The second kappa shape index (κ2) is 2.84. The van der Waals surface area contributed by atoms with Crippen molar-refractivity contribution in [2.45, 2.75) is 0 Å². The molecule has 2 heterocycles. The molecule has 12 heavy (non-hydrogen) atoms. The Hall–Kier alpha value is -0.930. The maximum atomic E-state index is 10.5. The van der Waals surface area contributed by atoms with Gasteiger partial charge >= 0.3 is 0 Å². The van der Waals surface area contributed by atoms with Crippen LogP contribution in [0.2, 0.25) is 5.02 Å². The molecule has 0 saturated heterocycles. The number of carbonyl (C=O) groups is 1.